The fourth-order valence-corrected chi connectivity index (χ4v) is 2.40. The third-order valence-corrected chi connectivity index (χ3v) is 3.49. The van der Waals surface area contributed by atoms with Gasteiger partial charge in [0, 0.05) is 5.41 Å². The third kappa shape index (κ3) is 4.35. The first kappa shape index (κ1) is 18.2. The highest BCUT2D eigenvalue weighted by molar-refractivity contribution is 9.10. The quantitative estimate of drug-likeness (QED) is 0.573. The molecule has 0 N–H and O–H groups in total. The smallest absolute Gasteiger partial charge is 0.178 e. The molecule has 1 rings (SSSR count). The lowest BCUT2D eigenvalue weighted by atomic mass is 9.86. The van der Waals surface area contributed by atoms with Crippen molar-refractivity contribution in [2.24, 2.45) is 5.41 Å². The molecular formula is C17H20BrNO3. The van der Waals surface area contributed by atoms with Gasteiger partial charge in [0.25, 0.3) is 0 Å². The minimum atomic E-state index is -0.603. The molecule has 118 valence electrons. The number of carbonyl (C=O) groups is 1. The summed E-state index contributed by atoms with van der Waals surface area (Å²) >= 11 is 3.43. The summed E-state index contributed by atoms with van der Waals surface area (Å²) in [6.07, 6.45) is 1.57. The standard InChI is InChI=1S/C17H20BrNO3/c1-6-22-15-13(18)8-11(9-14(15)21-5)7-12(10-19)16(20)17(2,3)4/h7-9H,6H2,1-5H3/b12-7-. The highest BCUT2D eigenvalue weighted by Gasteiger charge is 2.25. The molecule has 0 saturated carbocycles. The number of hydrogen-bond donors (Lipinski definition) is 0. The predicted octanol–water partition coefficient (Wildman–Crippen LogP) is 4.38. The van der Waals surface area contributed by atoms with Gasteiger partial charge in [0.1, 0.15) is 6.07 Å². The van der Waals surface area contributed by atoms with Gasteiger partial charge in [0.05, 0.1) is 23.8 Å². The summed E-state index contributed by atoms with van der Waals surface area (Å²) in [7, 11) is 1.54. The fourth-order valence-electron chi connectivity index (χ4n) is 1.83. The van der Waals surface area contributed by atoms with Gasteiger partial charge in [-0.1, -0.05) is 20.8 Å². The Morgan fingerprint density at radius 3 is 2.50 bits per heavy atom. The van der Waals surface area contributed by atoms with E-state index >= 15 is 0 Å². The number of ketones is 1. The summed E-state index contributed by atoms with van der Waals surface area (Å²) < 4.78 is 11.5. The molecule has 0 unspecified atom stereocenters. The monoisotopic (exact) mass is 365 g/mol. The predicted molar refractivity (Wildman–Crippen MR) is 89.9 cm³/mol. The Balaban J connectivity index is 3.33. The van der Waals surface area contributed by atoms with Crippen LogP contribution in [0.4, 0.5) is 0 Å². The number of benzene rings is 1. The zero-order chi connectivity index (χ0) is 16.9. The highest BCUT2D eigenvalue weighted by Crippen LogP contribution is 2.37. The zero-order valence-corrected chi connectivity index (χ0v) is 15.1. The van der Waals surface area contributed by atoms with Gasteiger partial charge >= 0.3 is 0 Å². The summed E-state index contributed by atoms with van der Waals surface area (Å²) in [5.74, 6) is 0.949. The minimum Gasteiger partial charge on any atom is -0.493 e. The Hall–Kier alpha value is -1.80. The number of Topliss-reactive ketones (excluding diaryl/α,β-unsaturated/α-hetero) is 1. The van der Waals surface area contributed by atoms with Crippen LogP contribution in [0.15, 0.2) is 22.2 Å². The Morgan fingerprint density at radius 2 is 2.05 bits per heavy atom. The first-order valence-electron chi connectivity index (χ1n) is 6.91. The van der Waals surface area contributed by atoms with E-state index in [4.69, 9.17) is 9.47 Å². The van der Waals surface area contributed by atoms with Crippen molar-refractivity contribution in [1.82, 2.24) is 0 Å². The van der Waals surface area contributed by atoms with Crippen LogP contribution >= 0.6 is 15.9 Å². The average Bonchev–Trinajstić information content (AvgIpc) is 2.45. The molecule has 0 saturated heterocycles. The lowest BCUT2D eigenvalue weighted by molar-refractivity contribution is -0.121. The van der Waals surface area contributed by atoms with Gasteiger partial charge in [-0.15, -0.1) is 0 Å². The SMILES string of the molecule is CCOc1c(Br)cc(/C=C(/C#N)C(=O)C(C)(C)C)cc1OC. The average molecular weight is 366 g/mol. The Morgan fingerprint density at radius 1 is 1.41 bits per heavy atom. The molecule has 0 spiro atoms. The van der Waals surface area contributed by atoms with E-state index in [0.717, 1.165) is 0 Å². The van der Waals surface area contributed by atoms with Crippen molar-refractivity contribution in [3.8, 4) is 17.6 Å². The molecule has 4 nitrogen and oxygen atoms in total. The first-order valence-corrected chi connectivity index (χ1v) is 7.70. The van der Waals surface area contributed by atoms with Gasteiger partial charge < -0.3 is 9.47 Å². The Labute approximate surface area is 139 Å². The van der Waals surface area contributed by atoms with Crippen molar-refractivity contribution in [2.75, 3.05) is 13.7 Å². The third-order valence-electron chi connectivity index (χ3n) is 2.90. The molecule has 1 aromatic rings. The van der Waals surface area contributed by atoms with Gasteiger partial charge in [-0.3, -0.25) is 4.79 Å². The van der Waals surface area contributed by atoms with E-state index in [2.05, 4.69) is 15.9 Å². The molecule has 0 aliphatic carbocycles. The number of ether oxygens (including phenoxy) is 2. The van der Waals surface area contributed by atoms with Crippen molar-refractivity contribution < 1.29 is 14.3 Å². The van der Waals surface area contributed by atoms with E-state index in [1.165, 1.54) is 0 Å². The van der Waals surface area contributed by atoms with Crippen LogP contribution in [-0.2, 0) is 4.79 Å². The van der Waals surface area contributed by atoms with Crippen LogP contribution < -0.4 is 9.47 Å². The van der Waals surface area contributed by atoms with E-state index in [9.17, 15) is 10.1 Å². The molecule has 0 fully saturated rings. The highest BCUT2D eigenvalue weighted by atomic mass is 79.9. The van der Waals surface area contributed by atoms with Gasteiger partial charge in [-0.2, -0.15) is 5.26 Å². The molecule has 1 aromatic carbocycles. The Kier molecular flexibility index (Phi) is 6.19. The lowest BCUT2D eigenvalue weighted by Crippen LogP contribution is -2.21. The van der Waals surface area contributed by atoms with Crippen LogP contribution in [0.25, 0.3) is 6.08 Å². The molecule has 0 heterocycles. The number of methoxy groups -OCH3 is 1. The molecule has 0 aliphatic rings. The summed E-state index contributed by atoms with van der Waals surface area (Å²) in [5.41, 5.74) is 0.209. The number of halogens is 1. The van der Waals surface area contributed by atoms with E-state index in [1.54, 1.807) is 46.1 Å². The summed E-state index contributed by atoms with van der Waals surface area (Å²) in [6.45, 7) is 7.76. The molecule has 0 aromatic heterocycles. The number of allylic oxidation sites excluding steroid dienone is 1. The second-order valence-electron chi connectivity index (χ2n) is 5.72. The largest absolute Gasteiger partial charge is 0.493 e. The minimum absolute atomic E-state index is 0.116. The van der Waals surface area contributed by atoms with E-state index < -0.39 is 5.41 Å². The number of nitrogens with zero attached hydrogens (tertiary/aromatic N) is 1. The van der Waals surface area contributed by atoms with Crippen LogP contribution in [0.5, 0.6) is 11.5 Å². The van der Waals surface area contributed by atoms with E-state index in [-0.39, 0.29) is 11.4 Å². The van der Waals surface area contributed by atoms with Crippen LogP contribution in [0.2, 0.25) is 0 Å². The molecule has 0 aliphatic heterocycles. The number of carbonyl (C=O) groups excluding carboxylic acids is 1. The van der Waals surface area contributed by atoms with Gasteiger partial charge in [-0.25, -0.2) is 0 Å². The summed E-state index contributed by atoms with van der Waals surface area (Å²) in [4.78, 5) is 12.3. The molecular weight excluding hydrogens is 346 g/mol. The lowest BCUT2D eigenvalue weighted by Gasteiger charge is -2.16. The molecule has 0 amide bonds. The number of hydrogen-bond acceptors (Lipinski definition) is 4. The number of rotatable bonds is 5. The van der Waals surface area contributed by atoms with E-state index in [0.29, 0.717) is 28.1 Å². The van der Waals surface area contributed by atoms with Crippen molar-refractivity contribution in [3.63, 3.8) is 0 Å². The van der Waals surface area contributed by atoms with Gasteiger partial charge in [0.2, 0.25) is 0 Å². The second kappa shape index (κ2) is 7.46. The molecule has 5 heteroatoms. The van der Waals surface area contributed by atoms with Crippen LogP contribution in [-0.4, -0.2) is 19.5 Å². The summed E-state index contributed by atoms with van der Waals surface area (Å²) in [6, 6.07) is 5.51. The maximum atomic E-state index is 12.3. The van der Waals surface area contributed by atoms with Crippen molar-refractivity contribution in [1.29, 1.82) is 5.26 Å². The molecule has 0 radical (unpaired) electrons. The maximum Gasteiger partial charge on any atom is 0.178 e. The molecule has 22 heavy (non-hydrogen) atoms. The van der Waals surface area contributed by atoms with Crippen LogP contribution in [0.3, 0.4) is 0 Å². The maximum absolute atomic E-state index is 12.3. The van der Waals surface area contributed by atoms with Crippen LogP contribution in [0, 0.1) is 16.7 Å². The normalized spacial score (nSPS) is 11.8. The molecule has 0 atom stereocenters. The summed E-state index contributed by atoms with van der Waals surface area (Å²) in [5, 5.41) is 9.25. The van der Waals surface area contributed by atoms with Gasteiger partial charge in [-0.05, 0) is 46.6 Å². The number of nitriles is 1. The van der Waals surface area contributed by atoms with Crippen molar-refractivity contribution >= 4 is 27.8 Å². The topological polar surface area (TPSA) is 59.3 Å². The van der Waals surface area contributed by atoms with Crippen LogP contribution in [0.1, 0.15) is 33.3 Å². The Bertz CT molecular complexity index is 637. The van der Waals surface area contributed by atoms with Gasteiger partial charge in [0.15, 0.2) is 17.3 Å². The zero-order valence-electron chi connectivity index (χ0n) is 13.5. The van der Waals surface area contributed by atoms with Crippen molar-refractivity contribution in [3.05, 3.63) is 27.7 Å². The van der Waals surface area contributed by atoms with E-state index in [1.807, 2.05) is 13.0 Å². The fraction of sp³-hybridized carbons (Fsp3) is 0.412. The second-order valence-corrected chi connectivity index (χ2v) is 6.57. The molecule has 0 bridgehead atoms. The van der Waals surface area contributed by atoms with Crippen molar-refractivity contribution in [2.45, 2.75) is 27.7 Å². The first-order chi connectivity index (χ1) is 10.2.